The van der Waals surface area contributed by atoms with Gasteiger partial charge in [0.25, 0.3) is 0 Å². The van der Waals surface area contributed by atoms with Gasteiger partial charge in [-0.1, -0.05) is 20.8 Å². The lowest BCUT2D eigenvalue weighted by molar-refractivity contribution is 0.169. The van der Waals surface area contributed by atoms with Crippen LogP contribution in [0.5, 0.6) is 0 Å². The predicted molar refractivity (Wildman–Crippen MR) is 83.1 cm³/mol. The van der Waals surface area contributed by atoms with Crippen molar-refractivity contribution in [2.24, 2.45) is 0 Å². The van der Waals surface area contributed by atoms with Gasteiger partial charge in [0.05, 0.1) is 30.3 Å². The van der Waals surface area contributed by atoms with Gasteiger partial charge in [-0.15, -0.1) is 0 Å². The van der Waals surface area contributed by atoms with E-state index in [1.54, 1.807) is 7.11 Å². The third-order valence-corrected chi connectivity index (χ3v) is 3.75. The molecule has 0 unspecified atom stereocenters. The van der Waals surface area contributed by atoms with Gasteiger partial charge in [-0.3, -0.25) is 4.98 Å². The van der Waals surface area contributed by atoms with Crippen molar-refractivity contribution in [1.29, 1.82) is 0 Å². The first-order valence-electron chi connectivity index (χ1n) is 7.57. The Morgan fingerprint density at radius 2 is 1.90 bits per heavy atom. The zero-order valence-electron chi connectivity index (χ0n) is 13.2. The molecule has 1 N–H and O–H groups in total. The van der Waals surface area contributed by atoms with Gasteiger partial charge in [-0.25, -0.2) is 0 Å². The Hall–Kier alpha value is -1.13. The van der Waals surface area contributed by atoms with E-state index in [0.717, 1.165) is 30.8 Å². The molecule has 1 aromatic heterocycles. The topological polar surface area (TPSA) is 45.6 Å². The molecule has 0 aliphatic carbocycles. The minimum absolute atomic E-state index is 0.468. The molecule has 1 rings (SSSR count). The van der Waals surface area contributed by atoms with Crippen LogP contribution in [-0.4, -0.2) is 36.4 Å². The number of ether oxygens (including phenoxy) is 1. The zero-order chi connectivity index (χ0) is 15.0. The number of aliphatic hydroxyl groups is 1. The van der Waals surface area contributed by atoms with Crippen LogP contribution in [0.1, 0.15) is 51.8 Å². The Bertz CT molecular complexity index is 363. The Morgan fingerprint density at radius 1 is 1.20 bits per heavy atom. The monoisotopic (exact) mass is 280 g/mol. The summed E-state index contributed by atoms with van der Waals surface area (Å²) < 4.78 is 5.21. The summed E-state index contributed by atoms with van der Waals surface area (Å²) in [6, 6.07) is 4.47. The third kappa shape index (κ3) is 4.46. The lowest BCUT2D eigenvalue weighted by atomic mass is 10.1. The first-order chi connectivity index (χ1) is 9.67. The first-order valence-corrected chi connectivity index (χ1v) is 7.57. The molecule has 1 aromatic rings. The van der Waals surface area contributed by atoms with Crippen molar-refractivity contribution < 1.29 is 9.84 Å². The van der Waals surface area contributed by atoms with Gasteiger partial charge in [0, 0.05) is 19.7 Å². The fraction of sp³-hybridized carbons (Fsp3) is 0.688. The van der Waals surface area contributed by atoms with Gasteiger partial charge >= 0.3 is 0 Å². The molecule has 0 saturated heterocycles. The van der Waals surface area contributed by atoms with Crippen LogP contribution < -0.4 is 4.90 Å². The summed E-state index contributed by atoms with van der Waals surface area (Å²) in [6.45, 7) is 7.93. The van der Waals surface area contributed by atoms with Crippen molar-refractivity contribution in [3.8, 4) is 0 Å². The second-order valence-electron chi connectivity index (χ2n) is 5.02. The van der Waals surface area contributed by atoms with E-state index < -0.39 is 6.10 Å². The molecule has 4 heteroatoms. The highest BCUT2D eigenvalue weighted by Gasteiger charge is 2.16. The van der Waals surface area contributed by atoms with Gasteiger partial charge in [0.2, 0.25) is 0 Å². The van der Waals surface area contributed by atoms with E-state index in [0.29, 0.717) is 19.1 Å². The highest BCUT2D eigenvalue weighted by Crippen LogP contribution is 2.22. The summed E-state index contributed by atoms with van der Waals surface area (Å²) >= 11 is 0. The van der Waals surface area contributed by atoms with Gasteiger partial charge in [-0.2, -0.15) is 0 Å². The van der Waals surface area contributed by atoms with Gasteiger partial charge in [0.15, 0.2) is 0 Å². The van der Waals surface area contributed by atoms with E-state index in [-0.39, 0.29) is 0 Å². The molecule has 0 amide bonds. The highest BCUT2D eigenvalue weighted by molar-refractivity contribution is 5.46. The van der Waals surface area contributed by atoms with Crippen molar-refractivity contribution in [2.75, 3.05) is 25.2 Å². The predicted octanol–water partition coefficient (Wildman–Crippen LogP) is 3.17. The SMILES string of the molecule is CCC(CC)N(CCOC)c1ccc([C@H](O)CC)nc1. The maximum Gasteiger partial charge on any atom is 0.0957 e. The van der Waals surface area contributed by atoms with E-state index >= 15 is 0 Å². The van der Waals surface area contributed by atoms with E-state index in [9.17, 15) is 5.11 Å². The third-order valence-electron chi connectivity index (χ3n) is 3.75. The molecule has 0 bridgehead atoms. The van der Waals surface area contributed by atoms with Crippen LogP contribution in [-0.2, 0) is 4.74 Å². The number of aliphatic hydroxyl groups excluding tert-OH is 1. The summed E-state index contributed by atoms with van der Waals surface area (Å²) in [5.41, 5.74) is 1.84. The van der Waals surface area contributed by atoms with Crippen molar-refractivity contribution >= 4 is 5.69 Å². The summed E-state index contributed by atoms with van der Waals surface area (Å²) in [6.07, 6.45) is 4.28. The smallest absolute Gasteiger partial charge is 0.0957 e. The van der Waals surface area contributed by atoms with Crippen LogP contribution in [0.15, 0.2) is 18.3 Å². The van der Waals surface area contributed by atoms with E-state index in [2.05, 4.69) is 29.8 Å². The number of hydrogen-bond acceptors (Lipinski definition) is 4. The fourth-order valence-electron chi connectivity index (χ4n) is 2.42. The number of anilines is 1. The zero-order valence-corrected chi connectivity index (χ0v) is 13.2. The Kier molecular flexibility index (Phi) is 7.55. The molecule has 1 atom stereocenters. The maximum absolute atomic E-state index is 9.81. The first kappa shape index (κ1) is 16.9. The van der Waals surface area contributed by atoms with Crippen LogP contribution in [0, 0.1) is 0 Å². The molecule has 0 aliphatic heterocycles. The fourth-order valence-corrected chi connectivity index (χ4v) is 2.42. The van der Waals surface area contributed by atoms with Crippen LogP contribution in [0.4, 0.5) is 5.69 Å². The van der Waals surface area contributed by atoms with Crippen LogP contribution in [0.3, 0.4) is 0 Å². The normalized spacial score (nSPS) is 12.7. The van der Waals surface area contributed by atoms with E-state index in [1.165, 1.54) is 0 Å². The second-order valence-corrected chi connectivity index (χ2v) is 5.02. The number of methoxy groups -OCH3 is 1. The molecular weight excluding hydrogens is 252 g/mol. The van der Waals surface area contributed by atoms with Crippen molar-refractivity contribution in [1.82, 2.24) is 4.98 Å². The van der Waals surface area contributed by atoms with Crippen molar-refractivity contribution in [3.63, 3.8) is 0 Å². The molecule has 20 heavy (non-hydrogen) atoms. The van der Waals surface area contributed by atoms with Gasteiger partial charge < -0.3 is 14.7 Å². The standard InChI is InChI=1S/C16H28N2O2/c1-5-13(6-2)18(10-11-20-4)14-8-9-15(17-12-14)16(19)7-3/h8-9,12-13,16,19H,5-7,10-11H2,1-4H3/t16-/m1/s1. The Morgan fingerprint density at radius 3 is 2.35 bits per heavy atom. The Labute approximate surface area is 122 Å². The molecule has 1 heterocycles. The number of pyridine rings is 1. The molecule has 0 spiro atoms. The number of rotatable bonds is 9. The number of aromatic nitrogens is 1. The van der Waals surface area contributed by atoms with Crippen LogP contribution in [0.25, 0.3) is 0 Å². The van der Waals surface area contributed by atoms with Crippen LogP contribution >= 0.6 is 0 Å². The molecule has 0 saturated carbocycles. The lowest BCUT2D eigenvalue weighted by Gasteiger charge is -2.32. The largest absolute Gasteiger partial charge is 0.387 e. The molecule has 0 fully saturated rings. The summed E-state index contributed by atoms with van der Waals surface area (Å²) in [7, 11) is 1.73. The summed E-state index contributed by atoms with van der Waals surface area (Å²) in [5.74, 6) is 0. The van der Waals surface area contributed by atoms with E-state index in [4.69, 9.17) is 4.74 Å². The molecule has 0 aromatic carbocycles. The average Bonchev–Trinajstić information content (AvgIpc) is 2.51. The minimum Gasteiger partial charge on any atom is -0.387 e. The average molecular weight is 280 g/mol. The molecule has 0 aliphatic rings. The second kappa shape index (κ2) is 8.93. The number of hydrogen-bond donors (Lipinski definition) is 1. The Balaban J connectivity index is 2.89. The quantitative estimate of drug-likeness (QED) is 0.754. The van der Waals surface area contributed by atoms with E-state index in [1.807, 2.05) is 19.2 Å². The van der Waals surface area contributed by atoms with Gasteiger partial charge in [-0.05, 0) is 31.4 Å². The number of nitrogens with zero attached hydrogens (tertiary/aromatic N) is 2. The lowest BCUT2D eigenvalue weighted by Crippen LogP contribution is -2.37. The minimum atomic E-state index is -0.468. The summed E-state index contributed by atoms with van der Waals surface area (Å²) in [5, 5.41) is 9.81. The van der Waals surface area contributed by atoms with Crippen molar-refractivity contribution in [2.45, 2.75) is 52.2 Å². The molecular formula is C16H28N2O2. The molecule has 0 radical (unpaired) electrons. The van der Waals surface area contributed by atoms with Gasteiger partial charge in [0.1, 0.15) is 0 Å². The molecule has 114 valence electrons. The molecule has 4 nitrogen and oxygen atoms in total. The van der Waals surface area contributed by atoms with Crippen LogP contribution in [0.2, 0.25) is 0 Å². The highest BCUT2D eigenvalue weighted by atomic mass is 16.5. The van der Waals surface area contributed by atoms with Crippen molar-refractivity contribution in [3.05, 3.63) is 24.0 Å². The maximum atomic E-state index is 9.81. The summed E-state index contributed by atoms with van der Waals surface area (Å²) in [4.78, 5) is 6.74.